The molecule has 0 bridgehead atoms. The number of hydrogen-bond acceptors (Lipinski definition) is 4. The van der Waals surface area contributed by atoms with Gasteiger partial charge in [0, 0.05) is 12.6 Å². The maximum atomic E-state index is 13.4. The highest BCUT2D eigenvalue weighted by Crippen LogP contribution is 2.37. The van der Waals surface area contributed by atoms with Crippen molar-refractivity contribution >= 4 is 11.7 Å². The maximum Gasteiger partial charge on any atom is 0.290 e. The number of nitrogens with zero attached hydrogens (tertiary/aromatic N) is 1. The van der Waals surface area contributed by atoms with Crippen molar-refractivity contribution in [3.8, 4) is 0 Å². The Morgan fingerprint density at radius 1 is 1.52 bits per heavy atom. The molecule has 6 heteroatoms. The molecule has 2 atom stereocenters. The van der Waals surface area contributed by atoms with Crippen LogP contribution in [0.1, 0.15) is 25.5 Å². The molecule has 0 unspecified atom stereocenters. The number of rotatable bonds is 4. The fourth-order valence-electron chi connectivity index (χ4n) is 2.53. The lowest BCUT2D eigenvalue weighted by Crippen LogP contribution is -2.39. The molecule has 3 N–H and O–H groups in total. The van der Waals surface area contributed by atoms with Gasteiger partial charge >= 0.3 is 0 Å². The number of carbonyl (C=O) groups is 2. The van der Waals surface area contributed by atoms with E-state index in [9.17, 15) is 19.1 Å². The summed E-state index contributed by atoms with van der Waals surface area (Å²) < 4.78 is 13.4. The fraction of sp³-hybridized carbons (Fsp3) is 0.333. The van der Waals surface area contributed by atoms with E-state index in [4.69, 9.17) is 5.73 Å². The van der Waals surface area contributed by atoms with E-state index >= 15 is 0 Å². The Balaban J connectivity index is 2.54. The highest BCUT2D eigenvalue weighted by Gasteiger charge is 2.42. The molecule has 1 aromatic carbocycles. The van der Waals surface area contributed by atoms with Crippen LogP contribution in [0.4, 0.5) is 4.39 Å². The Morgan fingerprint density at radius 3 is 2.71 bits per heavy atom. The predicted molar refractivity (Wildman–Crippen MR) is 74.8 cm³/mol. The van der Waals surface area contributed by atoms with E-state index in [0.29, 0.717) is 5.56 Å². The molecule has 112 valence electrons. The minimum absolute atomic E-state index is 0.0220. The van der Waals surface area contributed by atoms with Crippen molar-refractivity contribution in [2.24, 2.45) is 5.73 Å². The molecule has 1 amide bonds. The molecule has 1 aromatic rings. The summed E-state index contributed by atoms with van der Waals surface area (Å²) in [5.41, 5.74) is 6.13. The SMILES string of the molecule is CC(=O)C1=C(O)C(=O)N(C[C@H](C)N)[C@@H]1c1cccc(F)c1. The molecule has 2 rings (SSSR count). The van der Waals surface area contributed by atoms with Crippen LogP contribution < -0.4 is 5.73 Å². The summed E-state index contributed by atoms with van der Waals surface area (Å²) in [5, 5.41) is 9.95. The predicted octanol–water partition coefficient (Wildman–Crippen LogP) is 1.46. The van der Waals surface area contributed by atoms with Crippen molar-refractivity contribution in [3.05, 3.63) is 47.0 Å². The van der Waals surface area contributed by atoms with E-state index in [2.05, 4.69) is 0 Å². The van der Waals surface area contributed by atoms with Gasteiger partial charge in [-0.25, -0.2) is 4.39 Å². The molecular formula is C15H17FN2O3. The number of benzene rings is 1. The molecule has 1 aliphatic rings. The number of aliphatic hydroxyl groups is 1. The zero-order valence-corrected chi connectivity index (χ0v) is 11.8. The summed E-state index contributed by atoms with van der Waals surface area (Å²) in [6.45, 7) is 3.13. The molecule has 0 saturated heterocycles. The zero-order chi connectivity index (χ0) is 15.7. The number of ketones is 1. The van der Waals surface area contributed by atoms with Gasteiger partial charge in [-0.2, -0.15) is 0 Å². The molecule has 0 spiro atoms. The summed E-state index contributed by atoms with van der Waals surface area (Å²) in [5.74, 6) is -2.15. The second-order valence-electron chi connectivity index (χ2n) is 5.21. The van der Waals surface area contributed by atoms with Crippen LogP contribution in [0.25, 0.3) is 0 Å². The monoisotopic (exact) mass is 292 g/mol. The standard InChI is InChI=1S/C15H17FN2O3/c1-8(17)7-18-13(10-4-3-5-11(16)6-10)12(9(2)19)14(20)15(18)21/h3-6,8,13,20H,7,17H2,1-2H3/t8-,13+/m0/s1. The van der Waals surface area contributed by atoms with Crippen LogP contribution in [-0.2, 0) is 9.59 Å². The average Bonchev–Trinajstić information content (AvgIpc) is 2.63. The van der Waals surface area contributed by atoms with Gasteiger partial charge in [0.1, 0.15) is 5.82 Å². The third-order valence-corrected chi connectivity index (χ3v) is 3.33. The first-order valence-electron chi connectivity index (χ1n) is 6.59. The third kappa shape index (κ3) is 2.80. The van der Waals surface area contributed by atoms with Crippen molar-refractivity contribution < 1.29 is 19.1 Å². The summed E-state index contributed by atoms with van der Waals surface area (Å²) in [6.07, 6.45) is 0. The molecule has 0 radical (unpaired) electrons. The molecule has 5 nitrogen and oxygen atoms in total. The quantitative estimate of drug-likeness (QED) is 0.880. The van der Waals surface area contributed by atoms with Crippen LogP contribution in [0.3, 0.4) is 0 Å². The molecule has 0 aromatic heterocycles. The van der Waals surface area contributed by atoms with Gasteiger partial charge < -0.3 is 15.7 Å². The molecule has 1 aliphatic heterocycles. The van der Waals surface area contributed by atoms with E-state index in [1.54, 1.807) is 13.0 Å². The lowest BCUT2D eigenvalue weighted by Gasteiger charge is -2.28. The number of halogens is 1. The molecule has 0 aliphatic carbocycles. The molecule has 1 heterocycles. The number of amides is 1. The van der Waals surface area contributed by atoms with Gasteiger partial charge in [-0.05, 0) is 31.5 Å². The third-order valence-electron chi connectivity index (χ3n) is 3.33. The van der Waals surface area contributed by atoms with E-state index < -0.39 is 29.3 Å². The number of hydrogen-bond donors (Lipinski definition) is 2. The smallest absolute Gasteiger partial charge is 0.290 e. The second kappa shape index (κ2) is 5.65. The molecule has 21 heavy (non-hydrogen) atoms. The van der Waals surface area contributed by atoms with Crippen LogP contribution in [0.15, 0.2) is 35.6 Å². The average molecular weight is 292 g/mol. The van der Waals surface area contributed by atoms with Crippen molar-refractivity contribution in [1.82, 2.24) is 4.90 Å². The lowest BCUT2D eigenvalue weighted by atomic mass is 9.96. The van der Waals surface area contributed by atoms with Gasteiger partial charge in [-0.3, -0.25) is 9.59 Å². The van der Waals surface area contributed by atoms with Crippen molar-refractivity contribution in [1.29, 1.82) is 0 Å². The Kier molecular flexibility index (Phi) is 4.09. The number of carbonyl (C=O) groups excluding carboxylic acids is 2. The maximum absolute atomic E-state index is 13.4. The molecular weight excluding hydrogens is 275 g/mol. The summed E-state index contributed by atoms with van der Waals surface area (Å²) in [4.78, 5) is 25.2. The first-order valence-corrected chi connectivity index (χ1v) is 6.59. The number of aliphatic hydroxyl groups excluding tert-OH is 1. The van der Waals surface area contributed by atoms with E-state index in [-0.39, 0.29) is 18.2 Å². The van der Waals surface area contributed by atoms with Crippen LogP contribution in [0.2, 0.25) is 0 Å². The van der Waals surface area contributed by atoms with Crippen LogP contribution >= 0.6 is 0 Å². The van der Waals surface area contributed by atoms with Crippen molar-refractivity contribution in [2.75, 3.05) is 6.54 Å². The van der Waals surface area contributed by atoms with Gasteiger partial charge in [0.25, 0.3) is 5.91 Å². The number of nitrogens with two attached hydrogens (primary N) is 1. The highest BCUT2D eigenvalue weighted by atomic mass is 19.1. The minimum Gasteiger partial charge on any atom is -0.503 e. The van der Waals surface area contributed by atoms with Gasteiger partial charge in [0.05, 0.1) is 11.6 Å². The van der Waals surface area contributed by atoms with E-state index in [1.165, 1.54) is 30.0 Å². The Morgan fingerprint density at radius 2 is 2.19 bits per heavy atom. The number of Topliss-reactive ketones (excluding diaryl/α,β-unsaturated/α-hetero) is 1. The topological polar surface area (TPSA) is 83.6 Å². The van der Waals surface area contributed by atoms with Gasteiger partial charge in [0.2, 0.25) is 0 Å². The van der Waals surface area contributed by atoms with E-state index in [0.717, 1.165) is 0 Å². The van der Waals surface area contributed by atoms with Crippen molar-refractivity contribution in [2.45, 2.75) is 25.9 Å². The summed E-state index contributed by atoms with van der Waals surface area (Å²) in [7, 11) is 0. The molecule has 0 saturated carbocycles. The molecule has 0 fully saturated rings. The Bertz CT molecular complexity index is 625. The minimum atomic E-state index is -0.809. The zero-order valence-electron chi connectivity index (χ0n) is 11.8. The Labute approximate surface area is 121 Å². The first-order chi connectivity index (χ1) is 9.82. The summed E-state index contributed by atoms with van der Waals surface area (Å²) >= 11 is 0. The normalized spacial score (nSPS) is 20.1. The van der Waals surface area contributed by atoms with Crippen LogP contribution in [0.5, 0.6) is 0 Å². The van der Waals surface area contributed by atoms with Gasteiger partial charge in [0.15, 0.2) is 11.5 Å². The summed E-state index contributed by atoms with van der Waals surface area (Å²) in [6, 6.07) is 4.46. The Hall–Kier alpha value is -2.21. The fourth-order valence-corrected chi connectivity index (χ4v) is 2.53. The first kappa shape index (κ1) is 15.2. The second-order valence-corrected chi connectivity index (χ2v) is 5.21. The van der Waals surface area contributed by atoms with Gasteiger partial charge in [-0.15, -0.1) is 0 Å². The lowest BCUT2D eigenvalue weighted by molar-refractivity contribution is -0.129. The highest BCUT2D eigenvalue weighted by molar-refractivity contribution is 6.08. The van der Waals surface area contributed by atoms with Crippen LogP contribution in [0, 0.1) is 5.82 Å². The van der Waals surface area contributed by atoms with Crippen molar-refractivity contribution in [3.63, 3.8) is 0 Å². The largest absolute Gasteiger partial charge is 0.503 e. The van der Waals surface area contributed by atoms with Gasteiger partial charge in [-0.1, -0.05) is 12.1 Å². The van der Waals surface area contributed by atoms with Crippen LogP contribution in [-0.4, -0.2) is 34.3 Å². The van der Waals surface area contributed by atoms with E-state index in [1.807, 2.05) is 0 Å².